The number of rotatable bonds is 2. The van der Waals surface area contributed by atoms with Gasteiger partial charge in [0.2, 0.25) is 0 Å². The third-order valence-corrected chi connectivity index (χ3v) is 5.61. The Balaban J connectivity index is 1.84. The highest BCUT2D eigenvalue weighted by atomic mass is 32.2. The lowest BCUT2D eigenvalue weighted by atomic mass is 9.94. The number of nitrogens with zero attached hydrogens (tertiary/aromatic N) is 1. The Kier molecular flexibility index (Phi) is 5.01. The molecule has 0 radical (unpaired) electrons. The highest BCUT2D eigenvalue weighted by molar-refractivity contribution is 8.26. The molecule has 3 rings (SSSR count). The van der Waals surface area contributed by atoms with Crippen LogP contribution in [0.3, 0.4) is 0 Å². The molecule has 2 aliphatic rings. The van der Waals surface area contributed by atoms with Crippen molar-refractivity contribution in [3.05, 3.63) is 40.3 Å². The van der Waals surface area contributed by atoms with E-state index >= 15 is 0 Å². The Morgan fingerprint density at radius 1 is 1.21 bits per heavy atom. The molecule has 1 aromatic rings. The molecule has 0 atom stereocenters. The summed E-state index contributed by atoms with van der Waals surface area (Å²) >= 11 is 6.50. The lowest BCUT2D eigenvalue weighted by Crippen LogP contribution is -2.39. The van der Waals surface area contributed by atoms with Gasteiger partial charge in [-0.25, -0.2) is 0 Å². The van der Waals surface area contributed by atoms with E-state index < -0.39 is 11.7 Å². The molecule has 7 heteroatoms. The van der Waals surface area contributed by atoms with E-state index in [9.17, 15) is 18.0 Å². The van der Waals surface area contributed by atoms with Gasteiger partial charge in [0.1, 0.15) is 4.32 Å². The second kappa shape index (κ2) is 6.88. The molecule has 1 saturated carbocycles. The lowest BCUT2D eigenvalue weighted by Gasteiger charge is -2.29. The van der Waals surface area contributed by atoms with Crippen molar-refractivity contribution in [3.8, 4) is 0 Å². The molecular formula is C17H16F3NOS2. The SMILES string of the molecule is O=C1/C(=C\c2cccc(C(F)(F)F)c2)SC(=S)N1C1CCCCC1. The second-order valence-electron chi connectivity index (χ2n) is 5.97. The van der Waals surface area contributed by atoms with Crippen molar-refractivity contribution >= 4 is 40.3 Å². The topological polar surface area (TPSA) is 20.3 Å². The fraction of sp³-hybridized carbons (Fsp3) is 0.412. The molecule has 1 aliphatic heterocycles. The molecule has 1 amide bonds. The summed E-state index contributed by atoms with van der Waals surface area (Å²) in [6, 6.07) is 5.09. The van der Waals surface area contributed by atoms with E-state index in [2.05, 4.69) is 0 Å². The van der Waals surface area contributed by atoms with E-state index in [0.29, 0.717) is 14.8 Å². The molecule has 1 saturated heterocycles. The van der Waals surface area contributed by atoms with Gasteiger partial charge in [-0.3, -0.25) is 9.69 Å². The molecule has 0 aromatic heterocycles. The molecule has 2 fully saturated rings. The highest BCUT2D eigenvalue weighted by Crippen LogP contribution is 2.38. The molecule has 128 valence electrons. The van der Waals surface area contributed by atoms with E-state index in [1.165, 1.54) is 30.3 Å². The fourth-order valence-electron chi connectivity index (χ4n) is 3.09. The normalized spacial score (nSPS) is 21.8. The maximum atomic E-state index is 12.8. The summed E-state index contributed by atoms with van der Waals surface area (Å²) < 4.78 is 38.9. The van der Waals surface area contributed by atoms with Gasteiger partial charge in [-0.05, 0) is 36.6 Å². The third-order valence-electron chi connectivity index (χ3n) is 4.28. The quantitative estimate of drug-likeness (QED) is 0.524. The van der Waals surface area contributed by atoms with Crippen LogP contribution < -0.4 is 0 Å². The van der Waals surface area contributed by atoms with E-state index in [4.69, 9.17) is 12.2 Å². The van der Waals surface area contributed by atoms with Gasteiger partial charge < -0.3 is 0 Å². The van der Waals surface area contributed by atoms with Crippen molar-refractivity contribution in [1.82, 2.24) is 4.90 Å². The number of hydrogen-bond donors (Lipinski definition) is 0. The molecular weight excluding hydrogens is 355 g/mol. The molecule has 2 nitrogen and oxygen atoms in total. The summed E-state index contributed by atoms with van der Waals surface area (Å²) in [6.07, 6.45) is 2.29. The minimum Gasteiger partial charge on any atom is -0.290 e. The monoisotopic (exact) mass is 371 g/mol. The van der Waals surface area contributed by atoms with Gasteiger partial charge in [0.05, 0.1) is 10.5 Å². The molecule has 0 unspecified atom stereocenters. The highest BCUT2D eigenvalue weighted by Gasteiger charge is 2.37. The van der Waals surface area contributed by atoms with Crippen LogP contribution in [-0.4, -0.2) is 21.2 Å². The molecule has 24 heavy (non-hydrogen) atoms. The number of benzene rings is 1. The van der Waals surface area contributed by atoms with Crippen LogP contribution in [0.5, 0.6) is 0 Å². The molecule has 0 N–H and O–H groups in total. The zero-order valence-corrected chi connectivity index (χ0v) is 14.4. The zero-order chi connectivity index (χ0) is 17.3. The lowest BCUT2D eigenvalue weighted by molar-refractivity contribution is -0.137. The average Bonchev–Trinajstić information content (AvgIpc) is 2.82. The van der Waals surface area contributed by atoms with E-state index in [-0.39, 0.29) is 11.9 Å². The number of carbonyl (C=O) groups is 1. The molecule has 1 aromatic carbocycles. The van der Waals surface area contributed by atoms with Crippen molar-refractivity contribution in [1.29, 1.82) is 0 Å². The van der Waals surface area contributed by atoms with Crippen molar-refractivity contribution in [2.75, 3.05) is 0 Å². The van der Waals surface area contributed by atoms with Gasteiger partial charge >= 0.3 is 6.18 Å². The first-order valence-corrected chi connectivity index (χ1v) is 9.03. The van der Waals surface area contributed by atoms with Crippen molar-refractivity contribution < 1.29 is 18.0 Å². The van der Waals surface area contributed by atoms with Crippen LogP contribution in [0.2, 0.25) is 0 Å². The number of hydrogen-bond acceptors (Lipinski definition) is 3. The predicted octanol–water partition coefficient (Wildman–Crippen LogP) is 5.24. The summed E-state index contributed by atoms with van der Waals surface area (Å²) in [5.41, 5.74) is -0.368. The van der Waals surface area contributed by atoms with Crippen LogP contribution in [-0.2, 0) is 11.0 Å². The van der Waals surface area contributed by atoms with Crippen LogP contribution in [0.1, 0.15) is 43.2 Å². The Morgan fingerprint density at radius 3 is 2.58 bits per heavy atom. The van der Waals surface area contributed by atoms with Crippen molar-refractivity contribution in [2.45, 2.75) is 44.3 Å². The number of thioether (sulfide) groups is 1. The van der Waals surface area contributed by atoms with Gasteiger partial charge in [0.25, 0.3) is 5.91 Å². The molecule has 0 spiro atoms. The van der Waals surface area contributed by atoms with Gasteiger partial charge in [0.15, 0.2) is 0 Å². The van der Waals surface area contributed by atoms with Crippen molar-refractivity contribution in [2.24, 2.45) is 0 Å². The Labute approximate surface area is 148 Å². The average molecular weight is 371 g/mol. The number of alkyl halides is 3. The van der Waals surface area contributed by atoms with E-state index in [1.807, 2.05) is 0 Å². The van der Waals surface area contributed by atoms with Crippen LogP contribution in [0.25, 0.3) is 6.08 Å². The smallest absolute Gasteiger partial charge is 0.290 e. The largest absolute Gasteiger partial charge is 0.416 e. The number of halogens is 3. The van der Waals surface area contributed by atoms with Crippen LogP contribution in [0, 0.1) is 0 Å². The number of carbonyl (C=O) groups excluding carboxylic acids is 1. The molecule has 1 heterocycles. The summed E-state index contributed by atoms with van der Waals surface area (Å²) in [6.45, 7) is 0. The Morgan fingerprint density at radius 2 is 1.92 bits per heavy atom. The van der Waals surface area contributed by atoms with Gasteiger partial charge in [0, 0.05) is 6.04 Å². The second-order valence-corrected chi connectivity index (χ2v) is 7.64. The Bertz CT molecular complexity index is 693. The van der Waals surface area contributed by atoms with Gasteiger partial charge in [-0.15, -0.1) is 0 Å². The summed E-state index contributed by atoms with van der Waals surface area (Å²) in [5.74, 6) is -0.186. The third kappa shape index (κ3) is 3.67. The molecule has 0 bridgehead atoms. The van der Waals surface area contributed by atoms with E-state index in [1.54, 1.807) is 11.0 Å². The van der Waals surface area contributed by atoms with Crippen LogP contribution in [0.15, 0.2) is 29.2 Å². The minimum absolute atomic E-state index is 0.124. The maximum Gasteiger partial charge on any atom is 0.416 e. The zero-order valence-electron chi connectivity index (χ0n) is 12.8. The summed E-state index contributed by atoms with van der Waals surface area (Å²) in [5, 5.41) is 0. The first kappa shape index (κ1) is 17.5. The van der Waals surface area contributed by atoms with Crippen LogP contribution in [0.4, 0.5) is 13.2 Å². The summed E-state index contributed by atoms with van der Waals surface area (Å²) in [7, 11) is 0. The maximum absolute atomic E-state index is 12.8. The minimum atomic E-state index is -4.40. The van der Waals surface area contributed by atoms with Gasteiger partial charge in [-0.2, -0.15) is 13.2 Å². The predicted molar refractivity (Wildman–Crippen MR) is 93.3 cm³/mol. The Hall–Kier alpha value is -1.34. The summed E-state index contributed by atoms with van der Waals surface area (Å²) in [4.78, 5) is 14.7. The first-order chi connectivity index (χ1) is 11.4. The van der Waals surface area contributed by atoms with Crippen LogP contribution >= 0.6 is 24.0 Å². The standard InChI is InChI=1S/C17H16F3NOS2/c18-17(19,20)12-6-4-5-11(9-12)10-14-15(22)21(16(23)24-14)13-7-2-1-3-8-13/h4-6,9-10,13H,1-3,7-8H2/b14-10+. The van der Waals surface area contributed by atoms with E-state index in [0.717, 1.165) is 37.8 Å². The fourth-order valence-corrected chi connectivity index (χ4v) is 4.49. The molecule has 1 aliphatic carbocycles. The number of amides is 1. The first-order valence-electron chi connectivity index (χ1n) is 7.80. The van der Waals surface area contributed by atoms with Gasteiger partial charge in [-0.1, -0.05) is 55.4 Å². The number of thiocarbonyl (C=S) groups is 1. The van der Waals surface area contributed by atoms with Crippen molar-refractivity contribution in [3.63, 3.8) is 0 Å².